The van der Waals surface area contributed by atoms with Gasteiger partial charge in [-0.05, 0) is 20.4 Å². The predicted octanol–water partition coefficient (Wildman–Crippen LogP) is -2.18. The van der Waals surface area contributed by atoms with E-state index in [1.165, 1.54) is 6.92 Å². The van der Waals surface area contributed by atoms with E-state index in [-0.39, 0.29) is 17.3 Å². The predicted molar refractivity (Wildman–Crippen MR) is 112 cm³/mol. The molecule has 0 aliphatic rings. The van der Waals surface area contributed by atoms with Crippen LogP contribution in [0.25, 0.3) is 0 Å². The Morgan fingerprint density at radius 2 is 1.35 bits per heavy atom. The molecule has 9 nitrogen and oxygen atoms in total. The minimum Gasteiger partial charge on any atom is -0.353 e. The number of likely N-dealkylation sites (N-methyl/N-ethyl adjacent to an activating group) is 2. The smallest absolute Gasteiger partial charge is 0.261 e. The Hall–Kier alpha value is -0.660. The fourth-order valence-electron chi connectivity index (χ4n) is 1.88. The highest BCUT2D eigenvalue weighted by Gasteiger charge is 2.44. The zero-order chi connectivity index (χ0) is 20.6. The molecular weight excluding hydrogens is 396 g/mol. The summed E-state index contributed by atoms with van der Waals surface area (Å²) in [7, 11) is 0. The first-order chi connectivity index (χ1) is 12.0. The summed E-state index contributed by atoms with van der Waals surface area (Å²) in [6, 6.07) is 0. The van der Waals surface area contributed by atoms with Crippen LogP contribution in [0.1, 0.15) is 20.8 Å². The third-order valence-corrected chi connectivity index (χ3v) is 5.31. The SMILES string of the molecule is CCNC(=O)C(N)(CS)NC(=O)[C@](C)(CS)NC(=O)C(N)(CS)NCC. The van der Waals surface area contributed by atoms with Gasteiger partial charge >= 0.3 is 0 Å². The zero-order valence-corrected chi connectivity index (χ0v) is 17.9. The van der Waals surface area contributed by atoms with Crippen molar-refractivity contribution in [3.8, 4) is 0 Å². The van der Waals surface area contributed by atoms with E-state index < -0.39 is 34.6 Å². The van der Waals surface area contributed by atoms with Crippen molar-refractivity contribution in [1.82, 2.24) is 21.3 Å². The molecule has 3 atom stereocenters. The molecule has 12 heteroatoms. The number of nitrogens with one attached hydrogen (secondary N) is 4. The van der Waals surface area contributed by atoms with E-state index in [2.05, 4.69) is 59.2 Å². The van der Waals surface area contributed by atoms with Crippen LogP contribution in [0.4, 0.5) is 0 Å². The number of nitrogens with two attached hydrogens (primary N) is 2. The number of carbonyl (C=O) groups is 3. The quantitative estimate of drug-likeness (QED) is 0.135. The Bertz CT molecular complexity index is 526. The van der Waals surface area contributed by atoms with Gasteiger partial charge in [0.15, 0.2) is 11.3 Å². The van der Waals surface area contributed by atoms with E-state index >= 15 is 0 Å². The van der Waals surface area contributed by atoms with Gasteiger partial charge in [0.2, 0.25) is 5.91 Å². The van der Waals surface area contributed by atoms with Gasteiger partial charge in [0.1, 0.15) is 5.54 Å². The Morgan fingerprint density at radius 1 is 0.808 bits per heavy atom. The summed E-state index contributed by atoms with van der Waals surface area (Å²) in [4.78, 5) is 37.4. The van der Waals surface area contributed by atoms with Crippen molar-refractivity contribution in [2.45, 2.75) is 37.6 Å². The van der Waals surface area contributed by atoms with Crippen molar-refractivity contribution in [3.05, 3.63) is 0 Å². The molecule has 26 heavy (non-hydrogen) atoms. The molecule has 0 aromatic rings. The van der Waals surface area contributed by atoms with Gasteiger partial charge in [-0.25, -0.2) is 0 Å². The summed E-state index contributed by atoms with van der Waals surface area (Å²) in [6.45, 7) is 5.72. The van der Waals surface area contributed by atoms with Crippen molar-refractivity contribution in [2.75, 3.05) is 30.3 Å². The zero-order valence-electron chi connectivity index (χ0n) is 15.3. The highest BCUT2D eigenvalue weighted by molar-refractivity contribution is 7.80. The molecule has 0 saturated heterocycles. The maximum atomic E-state index is 12.7. The highest BCUT2D eigenvalue weighted by Crippen LogP contribution is 2.12. The van der Waals surface area contributed by atoms with E-state index in [1.54, 1.807) is 13.8 Å². The summed E-state index contributed by atoms with van der Waals surface area (Å²) in [5.41, 5.74) is 7.28. The minimum atomic E-state index is -1.74. The lowest BCUT2D eigenvalue weighted by Crippen LogP contribution is -2.74. The summed E-state index contributed by atoms with van der Waals surface area (Å²) in [5.74, 6) is -2.11. The lowest BCUT2D eigenvalue weighted by Gasteiger charge is -2.36. The highest BCUT2D eigenvalue weighted by atomic mass is 32.1. The van der Waals surface area contributed by atoms with Crippen LogP contribution in [0.2, 0.25) is 0 Å². The maximum absolute atomic E-state index is 12.7. The minimum absolute atomic E-state index is 0.00726. The molecule has 0 bridgehead atoms. The molecule has 3 amide bonds. The van der Waals surface area contributed by atoms with Crippen molar-refractivity contribution in [1.29, 1.82) is 0 Å². The molecule has 0 rings (SSSR count). The van der Waals surface area contributed by atoms with Crippen molar-refractivity contribution in [2.24, 2.45) is 11.5 Å². The lowest BCUT2D eigenvalue weighted by atomic mass is 10.0. The topological polar surface area (TPSA) is 151 Å². The molecule has 0 fully saturated rings. The number of carbonyl (C=O) groups excluding carboxylic acids is 3. The Morgan fingerprint density at radius 3 is 1.73 bits per heavy atom. The van der Waals surface area contributed by atoms with Crippen LogP contribution >= 0.6 is 37.9 Å². The van der Waals surface area contributed by atoms with Crippen LogP contribution in [0, 0.1) is 0 Å². The molecule has 2 unspecified atom stereocenters. The van der Waals surface area contributed by atoms with Crippen molar-refractivity contribution in [3.63, 3.8) is 0 Å². The van der Waals surface area contributed by atoms with Gasteiger partial charge in [0.05, 0.1) is 0 Å². The van der Waals surface area contributed by atoms with Gasteiger partial charge in [-0.15, -0.1) is 0 Å². The molecule has 8 N–H and O–H groups in total. The van der Waals surface area contributed by atoms with Gasteiger partial charge in [0.25, 0.3) is 11.8 Å². The molecule has 0 spiro atoms. The largest absolute Gasteiger partial charge is 0.353 e. The Labute approximate surface area is 170 Å². The number of rotatable bonds is 11. The van der Waals surface area contributed by atoms with E-state index in [4.69, 9.17) is 11.5 Å². The average molecular weight is 427 g/mol. The van der Waals surface area contributed by atoms with Crippen LogP contribution in [0.15, 0.2) is 0 Å². The first-order valence-corrected chi connectivity index (χ1v) is 9.97. The summed E-state index contributed by atoms with van der Waals surface area (Å²) >= 11 is 12.3. The molecule has 0 aliphatic heterocycles. The first-order valence-electron chi connectivity index (χ1n) is 8.07. The lowest BCUT2D eigenvalue weighted by molar-refractivity contribution is -0.138. The van der Waals surface area contributed by atoms with Gasteiger partial charge in [-0.1, -0.05) is 6.92 Å². The monoisotopic (exact) mass is 426 g/mol. The van der Waals surface area contributed by atoms with Crippen LogP contribution in [-0.4, -0.2) is 64.9 Å². The van der Waals surface area contributed by atoms with Gasteiger partial charge in [-0.2, -0.15) is 37.9 Å². The van der Waals surface area contributed by atoms with E-state index in [9.17, 15) is 14.4 Å². The molecule has 0 saturated carbocycles. The van der Waals surface area contributed by atoms with Crippen molar-refractivity contribution >= 4 is 55.6 Å². The number of amides is 3. The van der Waals surface area contributed by atoms with Crippen LogP contribution in [-0.2, 0) is 14.4 Å². The molecule has 0 radical (unpaired) electrons. The van der Waals surface area contributed by atoms with E-state index in [0.717, 1.165) is 0 Å². The van der Waals surface area contributed by atoms with E-state index in [0.29, 0.717) is 13.1 Å². The number of thiol groups is 3. The van der Waals surface area contributed by atoms with Crippen molar-refractivity contribution < 1.29 is 14.4 Å². The second kappa shape index (κ2) is 10.6. The molecular formula is C14H30N6O3S3. The van der Waals surface area contributed by atoms with Crippen LogP contribution < -0.4 is 32.7 Å². The van der Waals surface area contributed by atoms with Gasteiger partial charge in [-0.3, -0.25) is 19.7 Å². The molecule has 0 aliphatic carbocycles. The summed E-state index contributed by atoms with van der Waals surface area (Å²) in [6.07, 6.45) is 0. The summed E-state index contributed by atoms with van der Waals surface area (Å²) < 4.78 is 0. The van der Waals surface area contributed by atoms with E-state index in [1.807, 2.05) is 0 Å². The molecule has 0 aromatic heterocycles. The second-order valence-corrected chi connectivity index (χ2v) is 7.00. The first kappa shape index (κ1) is 25.3. The summed E-state index contributed by atoms with van der Waals surface area (Å²) in [5, 5.41) is 10.3. The maximum Gasteiger partial charge on any atom is 0.261 e. The fraction of sp³-hybridized carbons (Fsp3) is 0.786. The Kier molecular flexibility index (Phi) is 10.3. The Balaban J connectivity index is 5.43. The fourth-order valence-corrected chi connectivity index (χ4v) is 2.58. The number of hydrogen-bond acceptors (Lipinski definition) is 9. The van der Waals surface area contributed by atoms with Gasteiger partial charge < -0.3 is 27.4 Å². The third-order valence-electron chi connectivity index (χ3n) is 3.68. The molecule has 152 valence electrons. The van der Waals surface area contributed by atoms with Crippen LogP contribution in [0.5, 0.6) is 0 Å². The number of hydrogen-bond donors (Lipinski definition) is 9. The van der Waals surface area contributed by atoms with Gasteiger partial charge in [0, 0.05) is 23.8 Å². The second-order valence-electron chi connectivity index (χ2n) is 6.05. The molecule has 0 aromatic carbocycles. The van der Waals surface area contributed by atoms with Crippen LogP contribution in [0.3, 0.4) is 0 Å². The third kappa shape index (κ3) is 6.20. The normalized spacial score (nSPS) is 18.0. The molecule has 0 heterocycles. The average Bonchev–Trinajstić information content (AvgIpc) is 2.61. The standard InChI is InChI=1S/C14H30N6O3S3/c1-4-17-10(22)14(16,8-26)20-9(21)12(3,6-24)19-11(23)13(15,7-25)18-5-2/h18,24-26H,4-8,15-16H2,1-3H3,(H,17,22)(H,19,23)(H,20,21)/t12-,13?,14?/m0/s1.